The van der Waals surface area contributed by atoms with Crippen molar-refractivity contribution >= 4 is 27.8 Å². The van der Waals surface area contributed by atoms with Gasteiger partial charge in [0.25, 0.3) is 5.91 Å². The van der Waals surface area contributed by atoms with Crippen LogP contribution in [0.5, 0.6) is 0 Å². The predicted octanol–water partition coefficient (Wildman–Crippen LogP) is 1.55. The second-order valence-corrected chi connectivity index (χ2v) is 8.53. The van der Waals surface area contributed by atoms with E-state index in [2.05, 4.69) is 26.0 Å². The molecule has 2 aliphatic rings. The van der Waals surface area contributed by atoms with Gasteiger partial charge in [0, 0.05) is 14.1 Å². The summed E-state index contributed by atoms with van der Waals surface area (Å²) in [5, 5.41) is 16.4. The Kier molecular flexibility index (Phi) is 6.59. The average molecular weight is 444 g/mol. The zero-order chi connectivity index (χ0) is 22.6. The molecule has 0 fully saturated rings. The van der Waals surface area contributed by atoms with Gasteiger partial charge in [0.2, 0.25) is 0 Å². The number of carbonyl (C=O) groups is 1. The molecule has 9 nitrogen and oxygen atoms in total. The first kappa shape index (κ1) is 22.3. The summed E-state index contributed by atoms with van der Waals surface area (Å²) in [6.07, 6.45) is 6.11. The molecule has 0 aromatic heterocycles. The van der Waals surface area contributed by atoms with Crippen LogP contribution in [-0.2, 0) is 21.4 Å². The van der Waals surface area contributed by atoms with E-state index in [4.69, 9.17) is 0 Å². The Labute approximate surface area is 181 Å². The van der Waals surface area contributed by atoms with Crippen LogP contribution in [0.2, 0.25) is 0 Å². The van der Waals surface area contributed by atoms with E-state index in [9.17, 15) is 18.3 Å². The number of rotatable bonds is 6. The van der Waals surface area contributed by atoms with Crippen LogP contribution in [0.25, 0.3) is 0 Å². The summed E-state index contributed by atoms with van der Waals surface area (Å²) < 4.78 is 31.3. The van der Waals surface area contributed by atoms with Crippen LogP contribution in [0.1, 0.15) is 23.6 Å². The molecule has 1 atom stereocenters. The number of hydrogen-bond acceptors (Lipinski definition) is 6. The maximum Gasteiger partial charge on any atom is 0.367 e. The number of allylic oxidation sites excluding steroid dienone is 2. The molecule has 0 radical (unpaired) electrons. The third kappa shape index (κ3) is 5.21. The third-order valence-corrected chi connectivity index (χ3v) is 5.68. The van der Waals surface area contributed by atoms with E-state index in [0.29, 0.717) is 0 Å². The maximum atomic E-state index is 12.3. The standard InChI is InChI=1S/C21H25N5O4S/c1-4-5-9-16(21(28)26(2)3)18(27)13-22-19-20(25-31(29,30)24-19)23-17-12-11-14-8-6-7-10-15(14)17/h4-10,17,27H,1,11-13H2,2-3H3,(H,22,24)(H,23,25)/b9-5-,18-16-. The Bertz CT molecular complexity index is 1120. The molecule has 1 aromatic carbocycles. The summed E-state index contributed by atoms with van der Waals surface area (Å²) in [6.45, 7) is 3.34. The number of benzene rings is 1. The lowest BCUT2D eigenvalue weighted by Gasteiger charge is -2.17. The number of aliphatic hydroxyl groups is 1. The summed E-state index contributed by atoms with van der Waals surface area (Å²) in [4.78, 5) is 13.7. The van der Waals surface area contributed by atoms with Crippen LogP contribution < -0.4 is 10.6 Å². The minimum atomic E-state index is -4.02. The molecule has 31 heavy (non-hydrogen) atoms. The molecule has 3 N–H and O–H groups in total. The number of nitrogens with zero attached hydrogens (tertiary/aromatic N) is 3. The Morgan fingerprint density at radius 3 is 2.71 bits per heavy atom. The van der Waals surface area contributed by atoms with Crippen molar-refractivity contribution in [2.75, 3.05) is 20.6 Å². The van der Waals surface area contributed by atoms with Crippen molar-refractivity contribution in [1.82, 2.24) is 15.5 Å². The lowest BCUT2D eigenvalue weighted by Crippen LogP contribution is -2.40. The fourth-order valence-electron chi connectivity index (χ4n) is 3.38. The molecule has 1 amide bonds. The van der Waals surface area contributed by atoms with Gasteiger partial charge in [0.15, 0.2) is 11.7 Å². The largest absolute Gasteiger partial charge is 0.510 e. The lowest BCUT2D eigenvalue weighted by atomic mass is 10.1. The van der Waals surface area contributed by atoms with Crippen LogP contribution >= 0.6 is 0 Å². The van der Waals surface area contributed by atoms with Gasteiger partial charge in [-0.15, -0.1) is 8.80 Å². The Balaban J connectivity index is 1.78. The normalized spacial score (nSPS) is 19.9. The predicted molar refractivity (Wildman–Crippen MR) is 120 cm³/mol. The first-order chi connectivity index (χ1) is 14.7. The van der Waals surface area contributed by atoms with Crippen LogP contribution in [-0.4, -0.2) is 56.6 Å². The van der Waals surface area contributed by atoms with Crippen LogP contribution in [0.3, 0.4) is 0 Å². The molecule has 1 aliphatic carbocycles. The number of nitrogens with one attached hydrogen (secondary N) is 2. The van der Waals surface area contributed by atoms with E-state index in [0.717, 1.165) is 18.4 Å². The molecule has 0 bridgehead atoms. The SMILES string of the molecule is C=C/C=C\C(C(=O)N(C)C)=C(\O)CNC1=NS(=O)(=O)N=C1NC1CCc2ccccc21. The molecule has 0 spiro atoms. The van der Waals surface area contributed by atoms with Gasteiger partial charge in [0.1, 0.15) is 5.76 Å². The van der Waals surface area contributed by atoms with Crippen molar-refractivity contribution in [1.29, 1.82) is 0 Å². The van der Waals surface area contributed by atoms with Crippen molar-refractivity contribution < 1.29 is 18.3 Å². The third-order valence-electron chi connectivity index (χ3n) is 4.85. The van der Waals surface area contributed by atoms with Gasteiger partial charge in [-0.2, -0.15) is 8.42 Å². The van der Waals surface area contributed by atoms with Crippen LogP contribution in [0.4, 0.5) is 0 Å². The molecule has 1 aliphatic heterocycles. The van der Waals surface area contributed by atoms with Gasteiger partial charge in [-0.25, -0.2) is 0 Å². The summed E-state index contributed by atoms with van der Waals surface area (Å²) >= 11 is 0. The fraction of sp³-hybridized carbons (Fsp3) is 0.286. The highest BCUT2D eigenvalue weighted by Gasteiger charge is 2.29. The maximum absolute atomic E-state index is 12.3. The number of aryl methyl sites for hydroxylation is 1. The van der Waals surface area contributed by atoms with E-state index in [-0.39, 0.29) is 35.6 Å². The number of aliphatic hydroxyl groups excluding tert-OH is 1. The first-order valence-electron chi connectivity index (χ1n) is 9.68. The second kappa shape index (κ2) is 9.17. The highest BCUT2D eigenvalue weighted by Crippen LogP contribution is 2.31. The number of fused-ring (bicyclic) bond motifs is 1. The van der Waals surface area contributed by atoms with Crippen LogP contribution in [0.15, 0.2) is 69.2 Å². The van der Waals surface area contributed by atoms with Gasteiger partial charge in [-0.05, 0) is 30.0 Å². The molecule has 1 heterocycles. The van der Waals surface area contributed by atoms with Crippen molar-refractivity contribution in [2.45, 2.75) is 18.9 Å². The van der Waals surface area contributed by atoms with E-state index in [1.54, 1.807) is 14.1 Å². The molecule has 3 rings (SSSR count). The minimum Gasteiger partial charge on any atom is -0.510 e. The van der Waals surface area contributed by atoms with Gasteiger partial charge in [-0.3, -0.25) is 4.79 Å². The summed E-state index contributed by atoms with van der Waals surface area (Å²) in [5.74, 6) is -0.612. The number of amides is 1. The molecule has 0 saturated carbocycles. The highest BCUT2D eigenvalue weighted by molar-refractivity contribution is 7.89. The fourth-order valence-corrected chi connectivity index (χ4v) is 4.17. The molecule has 0 saturated heterocycles. The quantitative estimate of drug-likeness (QED) is 0.348. The van der Waals surface area contributed by atoms with E-state index in [1.807, 2.05) is 24.3 Å². The van der Waals surface area contributed by atoms with E-state index < -0.39 is 16.1 Å². The van der Waals surface area contributed by atoms with Crippen molar-refractivity contribution in [2.24, 2.45) is 8.80 Å². The minimum absolute atomic E-state index is 0.0136. The average Bonchev–Trinajstić information content (AvgIpc) is 3.26. The van der Waals surface area contributed by atoms with E-state index >= 15 is 0 Å². The monoisotopic (exact) mass is 443 g/mol. The summed E-state index contributed by atoms with van der Waals surface area (Å²) in [5.41, 5.74) is 2.34. The van der Waals surface area contributed by atoms with Crippen molar-refractivity contribution in [3.05, 3.63) is 71.5 Å². The van der Waals surface area contributed by atoms with Gasteiger partial charge in [-0.1, -0.05) is 43.0 Å². The summed E-state index contributed by atoms with van der Waals surface area (Å²) in [6, 6.07) is 7.84. The zero-order valence-corrected chi connectivity index (χ0v) is 18.2. The smallest absolute Gasteiger partial charge is 0.367 e. The first-order valence-corrected chi connectivity index (χ1v) is 11.1. The highest BCUT2D eigenvalue weighted by atomic mass is 32.2. The van der Waals surface area contributed by atoms with Gasteiger partial charge >= 0.3 is 10.2 Å². The Morgan fingerprint density at radius 2 is 2.00 bits per heavy atom. The summed E-state index contributed by atoms with van der Waals surface area (Å²) in [7, 11) is -0.901. The number of likely N-dealkylation sites (N-methyl/N-ethyl adjacent to an activating group) is 1. The number of amidine groups is 2. The molecule has 1 unspecified atom stereocenters. The van der Waals surface area contributed by atoms with Gasteiger partial charge < -0.3 is 20.6 Å². The molecule has 1 aromatic rings. The van der Waals surface area contributed by atoms with E-state index in [1.165, 1.54) is 28.7 Å². The molecular weight excluding hydrogens is 418 g/mol. The van der Waals surface area contributed by atoms with Crippen molar-refractivity contribution in [3.63, 3.8) is 0 Å². The van der Waals surface area contributed by atoms with Crippen molar-refractivity contribution in [3.8, 4) is 0 Å². The molecule has 10 heteroatoms. The zero-order valence-electron chi connectivity index (χ0n) is 17.4. The lowest BCUT2D eigenvalue weighted by molar-refractivity contribution is -0.124. The van der Waals surface area contributed by atoms with Gasteiger partial charge in [0.05, 0.1) is 18.2 Å². The number of hydrogen-bond donors (Lipinski definition) is 3. The second-order valence-electron chi connectivity index (χ2n) is 7.27. The molecular formula is C21H25N5O4S. The Hall–Kier alpha value is -3.40. The molecule has 164 valence electrons. The van der Waals surface area contributed by atoms with Crippen LogP contribution in [0, 0.1) is 0 Å². The topological polar surface area (TPSA) is 123 Å². The Morgan fingerprint density at radius 1 is 1.29 bits per heavy atom. The number of carbonyl (C=O) groups excluding carboxylic acids is 1.